The Labute approximate surface area is 108 Å². The van der Waals surface area contributed by atoms with Crippen molar-refractivity contribution in [1.29, 1.82) is 0 Å². The number of anilines is 1. The molecule has 1 rings (SSSR count). The molecule has 0 aliphatic carbocycles. The van der Waals surface area contributed by atoms with Gasteiger partial charge < -0.3 is 10.4 Å². The Balaban J connectivity index is 2.97. The lowest BCUT2D eigenvalue weighted by Crippen LogP contribution is -2.31. The number of aliphatic hydroxyl groups excluding tert-OH is 1. The molecule has 1 aromatic carbocycles. The smallest absolute Gasteiger partial charge is 0.390 e. The van der Waals surface area contributed by atoms with Crippen LogP contribution in [0.4, 0.5) is 27.6 Å². The van der Waals surface area contributed by atoms with Crippen molar-refractivity contribution in [1.82, 2.24) is 0 Å². The number of benzene rings is 1. The maximum absolute atomic E-state index is 12.8. The molecule has 102 valence electrons. The molecule has 0 bridgehead atoms. The number of alkyl halides is 5. The molecule has 0 amide bonds. The molecular formula is C10H9BrF5NO. The van der Waals surface area contributed by atoms with Gasteiger partial charge in [0.2, 0.25) is 0 Å². The minimum absolute atomic E-state index is 0.324. The van der Waals surface area contributed by atoms with Crippen LogP contribution in [0.15, 0.2) is 22.7 Å². The number of nitrogens with one attached hydrogen (secondary N) is 1. The summed E-state index contributed by atoms with van der Waals surface area (Å²) in [6, 6.07) is 3.00. The third-order valence-electron chi connectivity index (χ3n) is 2.06. The predicted molar refractivity (Wildman–Crippen MR) is 59.7 cm³/mol. The SMILES string of the molecule is OCC(F)(F)CNc1cc(Br)ccc1C(F)(F)F. The molecule has 0 aliphatic rings. The van der Waals surface area contributed by atoms with Crippen molar-refractivity contribution in [2.24, 2.45) is 0 Å². The summed E-state index contributed by atoms with van der Waals surface area (Å²) in [6.07, 6.45) is -4.64. The summed E-state index contributed by atoms with van der Waals surface area (Å²) in [5, 5.41) is 10.3. The Morgan fingerprint density at radius 1 is 1.17 bits per heavy atom. The van der Waals surface area contributed by atoms with Gasteiger partial charge in [0, 0.05) is 10.2 Å². The first kappa shape index (κ1) is 15.2. The molecule has 2 nitrogen and oxygen atoms in total. The van der Waals surface area contributed by atoms with Crippen molar-refractivity contribution in [2.75, 3.05) is 18.5 Å². The van der Waals surface area contributed by atoms with Gasteiger partial charge in [0.25, 0.3) is 5.92 Å². The van der Waals surface area contributed by atoms with Gasteiger partial charge in [0.15, 0.2) is 0 Å². The van der Waals surface area contributed by atoms with Crippen LogP contribution in [0.1, 0.15) is 5.56 Å². The summed E-state index contributed by atoms with van der Waals surface area (Å²) in [5.41, 5.74) is -1.51. The van der Waals surface area contributed by atoms with Gasteiger partial charge in [-0.05, 0) is 18.2 Å². The summed E-state index contributed by atoms with van der Waals surface area (Å²) < 4.78 is 63.6. The number of aliphatic hydroxyl groups is 1. The normalized spacial score (nSPS) is 12.6. The van der Waals surface area contributed by atoms with Crippen LogP contribution >= 0.6 is 15.9 Å². The van der Waals surface area contributed by atoms with E-state index in [4.69, 9.17) is 5.11 Å². The van der Waals surface area contributed by atoms with Gasteiger partial charge in [-0.2, -0.15) is 13.2 Å². The molecule has 0 heterocycles. The maximum Gasteiger partial charge on any atom is 0.418 e. The van der Waals surface area contributed by atoms with Gasteiger partial charge in [-0.15, -0.1) is 0 Å². The van der Waals surface area contributed by atoms with Gasteiger partial charge in [0.1, 0.15) is 6.61 Å². The molecule has 0 spiro atoms. The highest BCUT2D eigenvalue weighted by molar-refractivity contribution is 9.10. The van der Waals surface area contributed by atoms with E-state index in [1.807, 2.05) is 5.32 Å². The first-order chi connectivity index (χ1) is 8.15. The standard InChI is InChI=1S/C10H9BrF5NO/c11-6-1-2-7(10(14,15)16)8(3-6)17-4-9(12,13)5-18/h1-3,17-18H,4-5H2. The second-order valence-electron chi connectivity index (χ2n) is 3.56. The van der Waals surface area contributed by atoms with E-state index in [2.05, 4.69) is 15.9 Å². The van der Waals surface area contributed by atoms with E-state index in [-0.39, 0.29) is 0 Å². The number of rotatable bonds is 4. The molecule has 0 radical (unpaired) electrons. The monoisotopic (exact) mass is 333 g/mol. The molecule has 2 N–H and O–H groups in total. The fourth-order valence-corrected chi connectivity index (χ4v) is 1.55. The lowest BCUT2D eigenvalue weighted by Gasteiger charge is -2.18. The summed E-state index contributed by atoms with van der Waals surface area (Å²) >= 11 is 2.96. The third-order valence-corrected chi connectivity index (χ3v) is 2.55. The zero-order valence-electron chi connectivity index (χ0n) is 8.86. The fraction of sp³-hybridized carbons (Fsp3) is 0.400. The molecule has 0 fully saturated rings. The molecule has 1 aromatic rings. The van der Waals surface area contributed by atoms with Crippen LogP contribution in [-0.4, -0.2) is 24.2 Å². The average molecular weight is 334 g/mol. The zero-order chi connectivity index (χ0) is 14.0. The van der Waals surface area contributed by atoms with E-state index < -0.39 is 36.5 Å². The molecular weight excluding hydrogens is 325 g/mol. The van der Waals surface area contributed by atoms with E-state index in [0.29, 0.717) is 4.47 Å². The lowest BCUT2D eigenvalue weighted by molar-refractivity contribution is -0.137. The fourth-order valence-electron chi connectivity index (χ4n) is 1.19. The summed E-state index contributed by atoms with van der Waals surface area (Å²) in [7, 11) is 0. The molecule has 0 saturated heterocycles. The van der Waals surface area contributed by atoms with Crippen LogP contribution in [0, 0.1) is 0 Å². The van der Waals surface area contributed by atoms with E-state index in [1.165, 1.54) is 0 Å². The second-order valence-corrected chi connectivity index (χ2v) is 4.47. The van der Waals surface area contributed by atoms with Crippen molar-refractivity contribution >= 4 is 21.6 Å². The molecule has 0 aromatic heterocycles. The Morgan fingerprint density at radius 3 is 2.28 bits per heavy atom. The number of hydrogen-bond acceptors (Lipinski definition) is 2. The topological polar surface area (TPSA) is 32.3 Å². The molecule has 0 unspecified atom stereocenters. The van der Waals surface area contributed by atoms with Crippen LogP contribution < -0.4 is 5.32 Å². The highest BCUT2D eigenvalue weighted by atomic mass is 79.9. The van der Waals surface area contributed by atoms with Crippen LogP contribution in [0.5, 0.6) is 0 Å². The Kier molecular flexibility index (Phi) is 4.55. The highest BCUT2D eigenvalue weighted by Crippen LogP contribution is 2.36. The minimum atomic E-state index is -4.64. The quantitative estimate of drug-likeness (QED) is 0.826. The molecule has 18 heavy (non-hydrogen) atoms. The van der Waals surface area contributed by atoms with Crippen molar-refractivity contribution in [3.8, 4) is 0 Å². The minimum Gasteiger partial charge on any atom is -0.390 e. The molecule has 0 aliphatic heterocycles. The van der Waals surface area contributed by atoms with E-state index in [9.17, 15) is 22.0 Å². The Morgan fingerprint density at radius 2 is 1.78 bits per heavy atom. The van der Waals surface area contributed by atoms with Gasteiger partial charge in [-0.1, -0.05) is 15.9 Å². The van der Waals surface area contributed by atoms with Crippen molar-refractivity contribution in [3.63, 3.8) is 0 Å². The molecule has 0 saturated carbocycles. The summed E-state index contributed by atoms with van der Waals surface area (Å²) in [6.45, 7) is -2.52. The molecule has 0 atom stereocenters. The maximum atomic E-state index is 12.8. The number of hydrogen-bond donors (Lipinski definition) is 2. The Hall–Kier alpha value is -0.890. The van der Waals surface area contributed by atoms with Crippen LogP contribution in [0.2, 0.25) is 0 Å². The zero-order valence-corrected chi connectivity index (χ0v) is 10.4. The first-order valence-corrected chi connectivity index (χ1v) is 5.54. The van der Waals surface area contributed by atoms with Crippen LogP contribution in [0.25, 0.3) is 0 Å². The van der Waals surface area contributed by atoms with Crippen molar-refractivity contribution < 1.29 is 27.1 Å². The lowest BCUT2D eigenvalue weighted by atomic mass is 10.1. The van der Waals surface area contributed by atoms with Crippen molar-refractivity contribution in [3.05, 3.63) is 28.2 Å². The van der Waals surface area contributed by atoms with Crippen LogP contribution in [0.3, 0.4) is 0 Å². The summed E-state index contributed by atoms with van der Waals surface area (Å²) in [4.78, 5) is 0. The van der Waals surface area contributed by atoms with Gasteiger partial charge in [-0.3, -0.25) is 0 Å². The highest BCUT2D eigenvalue weighted by Gasteiger charge is 2.35. The summed E-state index contributed by atoms with van der Waals surface area (Å²) in [5.74, 6) is -3.48. The van der Waals surface area contributed by atoms with Crippen molar-refractivity contribution in [2.45, 2.75) is 12.1 Å². The molecule has 8 heteroatoms. The van der Waals surface area contributed by atoms with E-state index >= 15 is 0 Å². The second kappa shape index (κ2) is 5.40. The predicted octanol–water partition coefficient (Wildman–Crippen LogP) is 3.51. The third kappa shape index (κ3) is 4.09. The average Bonchev–Trinajstić information content (AvgIpc) is 2.25. The van der Waals surface area contributed by atoms with E-state index in [1.54, 1.807) is 0 Å². The largest absolute Gasteiger partial charge is 0.418 e. The van der Waals surface area contributed by atoms with Gasteiger partial charge >= 0.3 is 6.18 Å². The number of halogens is 6. The Bertz CT molecular complexity index is 421. The van der Waals surface area contributed by atoms with Gasteiger partial charge in [-0.25, -0.2) is 8.78 Å². The van der Waals surface area contributed by atoms with E-state index in [0.717, 1.165) is 18.2 Å². The first-order valence-electron chi connectivity index (χ1n) is 4.75. The van der Waals surface area contributed by atoms with Gasteiger partial charge in [0.05, 0.1) is 12.1 Å². The van der Waals surface area contributed by atoms with Crippen LogP contribution in [-0.2, 0) is 6.18 Å².